The molecule has 1 unspecified atom stereocenters. The molecule has 2 aromatic rings. The van der Waals surface area contributed by atoms with E-state index in [2.05, 4.69) is 0 Å². The number of ketones is 1. The molecular formula is C17H15ClO3. The topological polar surface area (TPSA) is 35.5 Å². The van der Waals surface area contributed by atoms with E-state index < -0.39 is 0 Å². The van der Waals surface area contributed by atoms with Crippen LogP contribution in [0.1, 0.15) is 28.3 Å². The zero-order valence-corrected chi connectivity index (χ0v) is 12.4. The number of benzene rings is 2. The normalized spacial score (nSPS) is 16.8. The molecule has 0 amide bonds. The predicted molar refractivity (Wildman–Crippen MR) is 81.6 cm³/mol. The Morgan fingerprint density at radius 2 is 2.10 bits per heavy atom. The van der Waals surface area contributed by atoms with Gasteiger partial charge < -0.3 is 9.47 Å². The van der Waals surface area contributed by atoms with Gasteiger partial charge in [-0.3, -0.25) is 4.79 Å². The van der Waals surface area contributed by atoms with Gasteiger partial charge in [-0.15, -0.1) is 0 Å². The Morgan fingerprint density at radius 1 is 1.29 bits per heavy atom. The van der Waals surface area contributed by atoms with Gasteiger partial charge in [0, 0.05) is 10.6 Å². The van der Waals surface area contributed by atoms with Gasteiger partial charge in [-0.05, 0) is 30.7 Å². The lowest BCUT2D eigenvalue weighted by molar-refractivity contribution is 0.0930. The summed E-state index contributed by atoms with van der Waals surface area (Å²) in [7, 11) is 1.54. The van der Waals surface area contributed by atoms with Crippen LogP contribution in [0, 0.1) is 0 Å². The second kappa shape index (κ2) is 5.78. The van der Waals surface area contributed by atoms with Crippen molar-refractivity contribution in [1.29, 1.82) is 0 Å². The summed E-state index contributed by atoms with van der Waals surface area (Å²) in [5.41, 5.74) is 1.49. The Kier molecular flexibility index (Phi) is 3.84. The number of methoxy groups -OCH3 is 1. The molecule has 0 spiro atoms. The van der Waals surface area contributed by atoms with E-state index in [4.69, 9.17) is 21.1 Å². The van der Waals surface area contributed by atoms with Crippen LogP contribution >= 0.6 is 11.6 Å². The van der Waals surface area contributed by atoms with E-state index >= 15 is 0 Å². The summed E-state index contributed by atoms with van der Waals surface area (Å²) in [4.78, 5) is 12.9. The molecule has 2 aromatic carbocycles. The summed E-state index contributed by atoms with van der Waals surface area (Å²) in [6.07, 6.45) is 0.668. The van der Waals surface area contributed by atoms with E-state index in [0.29, 0.717) is 29.4 Å². The fourth-order valence-corrected chi connectivity index (χ4v) is 2.83. The number of rotatable bonds is 3. The van der Waals surface area contributed by atoms with Crippen LogP contribution < -0.4 is 9.47 Å². The van der Waals surface area contributed by atoms with Gasteiger partial charge in [0.1, 0.15) is 11.5 Å². The van der Waals surface area contributed by atoms with Crippen molar-refractivity contribution in [2.75, 3.05) is 13.7 Å². The van der Waals surface area contributed by atoms with E-state index in [1.54, 1.807) is 25.3 Å². The Labute approximate surface area is 128 Å². The molecule has 1 aliphatic rings. The number of carbonyl (C=O) groups is 1. The maximum absolute atomic E-state index is 12.9. The van der Waals surface area contributed by atoms with Gasteiger partial charge in [0.05, 0.1) is 25.2 Å². The monoisotopic (exact) mass is 302 g/mol. The summed E-state index contributed by atoms with van der Waals surface area (Å²) >= 11 is 5.96. The van der Waals surface area contributed by atoms with Crippen molar-refractivity contribution in [3.8, 4) is 11.5 Å². The number of Topliss-reactive ketones (excluding diaryl/α,β-unsaturated/α-hetero) is 1. The zero-order valence-electron chi connectivity index (χ0n) is 11.6. The highest BCUT2D eigenvalue weighted by Gasteiger charge is 2.29. The van der Waals surface area contributed by atoms with Crippen LogP contribution in [-0.2, 0) is 0 Å². The fourth-order valence-electron chi connectivity index (χ4n) is 2.67. The number of para-hydroxylation sites is 1. The lowest BCUT2D eigenvalue weighted by atomic mass is 9.86. The van der Waals surface area contributed by atoms with Crippen molar-refractivity contribution >= 4 is 17.4 Å². The minimum absolute atomic E-state index is 0.0410. The van der Waals surface area contributed by atoms with Crippen LogP contribution in [0.5, 0.6) is 11.5 Å². The number of hydrogen-bond donors (Lipinski definition) is 0. The van der Waals surface area contributed by atoms with Gasteiger partial charge in [-0.2, -0.15) is 0 Å². The van der Waals surface area contributed by atoms with Crippen molar-refractivity contribution < 1.29 is 14.3 Å². The molecule has 1 atom stereocenters. The molecule has 0 saturated heterocycles. The Morgan fingerprint density at radius 3 is 2.90 bits per heavy atom. The van der Waals surface area contributed by atoms with Gasteiger partial charge in [-0.25, -0.2) is 0 Å². The molecule has 3 rings (SSSR count). The highest BCUT2D eigenvalue weighted by atomic mass is 35.5. The highest BCUT2D eigenvalue weighted by Crippen LogP contribution is 2.37. The van der Waals surface area contributed by atoms with Crippen LogP contribution in [0.15, 0.2) is 42.5 Å². The average Bonchev–Trinajstić information content (AvgIpc) is 2.53. The molecular weight excluding hydrogens is 288 g/mol. The predicted octanol–water partition coefficient (Wildman–Crippen LogP) is 4.10. The maximum atomic E-state index is 12.9. The third-order valence-corrected chi connectivity index (χ3v) is 3.94. The highest BCUT2D eigenvalue weighted by molar-refractivity contribution is 6.30. The van der Waals surface area contributed by atoms with Crippen LogP contribution in [-0.4, -0.2) is 19.5 Å². The van der Waals surface area contributed by atoms with Gasteiger partial charge >= 0.3 is 0 Å². The fraction of sp³-hybridized carbons (Fsp3) is 0.235. The molecule has 0 radical (unpaired) electrons. The quantitative estimate of drug-likeness (QED) is 0.801. The largest absolute Gasteiger partial charge is 0.496 e. The van der Waals surface area contributed by atoms with E-state index in [9.17, 15) is 4.79 Å². The second-order valence-corrected chi connectivity index (χ2v) is 5.37. The van der Waals surface area contributed by atoms with Crippen LogP contribution in [0.3, 0.4) is 0 Å². The third-order valence-electron chi connectivity index (χ3n) is 3.70. The summed E-state index contributed by atoms with van der Waals surface area (Å²) in [6, 6.07) is 12.8. The molecule has 21 heavy (non-hydrogen) atoms. The summed E-state index contributed by atoms with van der Waals surface area (Å²) < 4.78 is 10.9. The Bertz CT molecular complexity index is 681. The van der Waals surface area contributed by atoms with E-state index in [1.165, 1.54) is 0 Å². The maximum Gasteiger partial charge on any atom is 0.174 e. The van der Waals surface area contributed by atoms with Gasteiger partial charge in [0.25, 0.3) is 0 Å². The Balaban J connectivity index is 2.00. The molecule has 1 heterocycles. The van der Waals surface area contributed by atoms with Crippen molar-refractivity contribution in [3.05, 3.63) is 58.6 Å². The SMILES string of the molecule is COc1cc(Cl)ccc1C(=O)C1CCOc2ccccc21. The number of halogens is 1. The Hall–Kier alpha value is -2.00. The van der Waals surface area contributed by atoms with Crippen LogP contribution in [0.4, 0.5) is 0 Å². The molecule has 0 saturated carbocycles. The van der Waals surface area contributed by atoms with Crippen molar-refractivity contribution in [1.82, 2.24) is 0 Å². The van der Waals surface area contributed by atoms with Crippen molar-refractivity contribution in [3.63, 3.8) is 0 Å². The standard InChI is InChI=1S/C17H15ClO3/c1-20-16-10-11(18)6-7-14(16)17(19)13-8-9-21-15-5-3-2-4-12(13)15/h2-7,10,13H,8-9H2,1H3. The van der Waals surface area contributed by atoms with Crippen molar-refractivity contribution in [2.24, 2.45) is 0 Å². The number of carbonyl (C=O) groups excluding carboxylic acids is 1. The molecule has 4 heteroatoms. The minimum atomic E-state index is -0.204. The molecule has 0 N–H and O–H groups in total. The van der Waals surface area contributed by atoms with Gasteiger partial charge in [0.15, 0.2) is 5.78 Å². The van der Waals surface area contributed by atoms with Crippen LogP contribution in [0.25, 0.3) is 0 Å². The molecule has 3 nitrogen and oxygen atoms in total. The van der Waals surface area contributed by atoms with E-state index in [1.807, 2.05) is 24.3 Å². The third kappa shape index (κ3) is 2.61. The molecule has 0 aromatic heterocycles. The van der Waals surface area contributed by atoms with E-state index in [0.717, 1.165) is 11.3 Å². The first-order valence-corrected chi connectivity index (χ1v) is 7.18. The van der Waals surface area contributed by atoms with Crippen molar-refractivity contribution in [2.45, 2.75) is 12.3 Å². The molecule has 1 aliphatic heterocycles. The van der Waals surface area contributed by atoms with Crippen LogP contribution in [0.2, 0.25) is 5.02 Å². The first kappa shape index (κ1) is 14.0. The van der Waals surface area contributed by atoms with E-state index in [-0.39, 0.29) is 11.7 Å². The number of fused-ring (bicyclic) bond motifs is 1. The lowest BCUT2D eigenvalue weighted by Crippen LogP contribution is -2.21. The second-order valence-electron chi connectivity index (χ2n) is 4.94. The van der Waals surface area contributed by atoms with Gasteiger partial charge in [0.2, 0.25) is 0 Å². The van der Waals surface area contributed by atoms with Gasteiger partial charge in [-0.1, -0.05) is 29.8 Å². The number of hydrogen-bond acceptors (Lipinski definition) is 3. The minimum Gasteiger partial charge on any atom is -0.496 e. The molecule has 0 bridgehead atoms. The molecule has 0 aliphatic carbocycles. The smallest absolute Gasteiger partial charge is 0.174 e. The summed E-state index contributed by atoms with van der Waals surface area (Å²) in [5.74, 6) is 1.13. The average molecular weight is 303 g/mol. The summed E-state index contributed by atoms with van der Waals surface area (Å²) in [5, 5.41) is 0.552. The number of ether oxygens (including phenoxy) is 2. The zero-order chi connectivity index (χ0) is 14.8. The summed E-state index contributed by atoms with van der Waals surface area (Å²) in [6.45, 7) is 0.545. The first-order valence-electron chi connectivity index (χ1n) is 6.80. The lowest BCUT2D eigenvalue weighted by Gasteiger charge is -2.25. The molecule has 108 valence electrons. The molecule has 0 fully saturated rings. The first-order chi connectivity index (χ1) is 10.2.